The van der Waals surface area contributed by atoms with Gasteiger partial charge in [-0.3, -0.25) is 0 Å². The molecule has 0 saturated heterocycles. The summed E-state index contributed by atoms with van der Waals surface area (Å²) in [5.41, 5.74) is 0. The van der Waals surface area contributed by atoms with Crippen LogP contribution in [0, 0.1) is 0 Å². The van der Waals surface area contributed by atoms with Gasteiger partial charge in [0.2, 0.25) is 0 Å². The Hall–Kier alpha value is -0.740. The van der Waals surface area contributed by atoms with Gasteiger partial charge in [0.15, 0.2) is 0 Å². The monoisotopic (exact) mass is 184 g/mol. The van der Waals surface area contributed by atoms with Crippen LogP contribution in [-0.2, 0) is 4.79 Å². The molecule has 0 aliphatic carbocycles. The molecule has 1 heterocycles. The number of nitrogens with one attached hydrogen (secondary N) is 1. The Bertz CT molecular complexity index is 215. The maximum atomic E-state index is 10.6. The van der Waals surface area contributed by atoms with E-state index in [9.17, 15) is 4.79 Å². The average molecular weight is 184 g/mol. The van der Waals surface area contributed by atoms with Gasteiger partial charge in [0.1, 0.15) is 12.3 Å². The smallest absolute Gasteiger partial charge is 0.146 e. The number of aldehydes is 1. The molecule has 12 heavy (non-hydrogen) atoms. The molecule has 1 aliphatic rings. The van der Waals surface area contributed by atoms with E-state index in [-0.39, 0.29) is 6.04 Å². The Morgan fingerprint density at radius 2 is 2.67 bits per heavy atom. The van der Waals surface area contributed by atoms with Crippen molar-refractivity contribution in [1.29, 1.82) is 0 Å². The first-order valence-electron chi connectivity index (χ1n) is 3.85. The Labute approximate surface area is 77.4 Å². The molecule has 66 valence electrons. The molecular formula is C8H12N2OS. The zero-order valence-corrected chi connectivity index (χ0v) is 7.80. The third kappa shape index (κ3) is 1.89. The van der Waals surface area contributed by atoms with Crippen LogP contribution >= 0.6 is 12.2 Å². The van der Waals surface area contributed by atoms with E-state index in [4.69, 9.17) is 12.2 Å². The summed E-state index contributed by atoms with van der Waals surface area (Å²) in [7, 11) is 1.84. The summed E-state index contributed by atoms with van der Waals surface area (Å²) in [5, 5.41) is 2.96. The van der Waals surface area contributed by atoms with Crippen LogP contribution in [0.5, 0.6) is 0 Å². The van der Waals surface area contributed by atoms with Gasteiger partial charge >= 0.3 is 0 Å². The molecule has 1 atom stereocenters. The van der Waals surface area contributed by atoms with Crippen LogP contribution in [0.15, 0.2) is 12.2 Å². The summed E-state index contributed by atoms with van der Waals surface area (Å²) >= 11 is 5.12. The van der Waals surface area contributed by atoms with Gasteiger partial charge in [-0.2, -0.15) is 0 Å². The van der Waals surface area contributed by atoms with Crippen LogP contribution in [0.3, 0.4) is 0 Å². The minimum Gasteiger partial charge on any atom is -0.348 e. The topological polar surface area (TPSA) is 32.3 Å². The van der Waals surface area contributed by atoms with Crippen molar-refractivity contribution in [2.24, 2.45) is 0 Å². The van der Waals surface area contributed by atoms with Gasteiger partial charge in [-0.15, -0.1) is 0 Å². The molecule has 0 bridgehead atoms. The number of hydrogen-bond donors (Lipinski definition) is 1. The van der Waals surface area contributed by atoms with Crippen LogP contribution in [0.2, 0.25) is 0 Å². The number of carbonyl (C=O) groups excluding carboxylic acids is 1. The molecular weight excluding hydrogens is 172 g/mol. The molecule has 0 fully saturated rings. The zero-order chi connectivity index (χ0) is 8.97. The minimum absolute atomic E-state index is 0.147. The molecule has 0 aromatic carbocycles. The summed E-state index contributed by atoms with van der Waals surface area (Å²) in [6.07, 6.45) is 4.74. The molecule has 1 aliphatic heterocycles. The maximum absolute atomic E-state index is 10.6. The first-order chi connectivity index (χ1) is 5.79. The van der Waals surface area contributed by atoms with E-state index in [1.54, 1.807) is 0 Å². The highest BCUT2D eigenvalue weighted by molar-refractivity contribution is 7.80. The Kier molecular flexibility index (Phi) is 3.37. The molecule has 0 spiro atoms. The molecule has 4 heteroatoms. The first kappa shape index (κ1) is 9.35. The fourth-order valence-electron chi connectivity index (χ4n) is 1.18. The Morgan fingerprint density at radius 3 is 3.25 bits per heavy atom. The van der Waals surface area contributed by atoms with Crippen LogP contribution in [0.1, 0.15) is 0 Å². The Morgan fingerprint density at radius 1 is 1.92 bits per heavy atom. The molecule has 1 unspecified atom stereocenters. The summed E-state index contributed by atoms with van der Waals surface area (Å²) < 4.78 is 0. The highest BCUT2D eigenvalue weighted by Gasteiger charge is 2.20. The predicted octanol–water partition coefficient (Wildman–Crippen LogP) is -0.0275. The van der Waals surface area contributed by atoms with Gasteiger partial charge in [-0.25, -0.2) is 0 Å². The van der Waals surface area contributed by atoms with Crippen LogP contribution in [0.4, 0.5) is 0 Å². The largest absolute Gasteiger partial charge is 0.348 e. The van der Waals surface area contributed by atoms with Crippen molar-refractivity contribution in [3.63, 3.8) is 0 Å². The molecule has 1 rings (SSSR count). The highest BCUT2D eigenvalue weighted by atomic mass is 32.1. The van der Waals surface area contributed by atoms with E-state index >= 15 is 0 Å². The third-order valence-corrected chi connectivity index (χ3v) is 2.16. The summed E-state index contributed by atoms with van der Waals surface area (Å²) in [5.74, 6) is 0. The number of carbonyl (C=O) groups is 1. The van der Waals surface area contributed by atoms with Crippen molar-refractivity contribution in [1.82, 2.24) is 10.2 Å². The average Bonchev–Trinajstić information content (AvgIpc) is 2.51. The predicted molar refractivity (Wildman–Crippen MR) is 52.2 cm³/mol. The summed E-state index contributed by atoms with van der Waals surface area (Å²) in [6, 6.07) is -0.147. The van der Waals surface area contributed by atoms with Gasteiger partial charge in [-0.05, 0) is 7.05 Å². The van der Waals surface area contributed by atoms with E-state index in [0.717, 1.165) is 17.8 Å². The molecule has 0 saturated carbocycles. The number of thiocarbonyl (C=S) groups is 1. The lowest BCUT2D eigenvalue weighted by Gasteiger charge is -2.22. The molecule has 0 amide bonds. The van der Waals surface area contributed by atoms with Gasteiger partial charge in [0, 0.05) is 13.1 Å². The number of likely N-dealkylation sites (N-methyl/N-ethyl adjacent to an activating group) is 1. The molecule has 3 nitrogen and oxygen atoms in total. The lowest BCUT2D eigenvalue weighted by atomic mass is 10.3. The lowest BCUT2D eigenvalue weighted by Crippen LogP contribution is -2.40. The van der Waals surface area contributed by atoms with Crippen LogP contribution < -0.4 is 5.32 Å². The third-order valence-electron chi connectivity index (χ3n) is 1.78. The second-order valence-electron chi connectivity index (χ2n) is 2.63. The summed E-state index contributed by atoms with van der Waals surface area (Å²) in [6.45, 7) is 1.41. The highest BCUT2D eigenvalue weighted by Crippen LogP contribution is 2.08. The first-order valence-corrected chi connectivity index (χ1v) is 4.26. The second-order valence-corrected chi connectivity index (χ2v) is 3.10. The van der Waals surface area contributed by atoms with E-state index in [0.29, 0.717) is 6.54 Å². The van der Waals surface area contributed by atoms with Crippen LogP contribution in [-0.4, -0.2) is 42.4 Å². The zero-order valence-electron chi connectivity index (χ0n) is 6.99. The van der Waals surface area contributed by atoms with Gasteiger partial charge < -0.3 is 15.0 Å². The SMILES string of the molecule is CNCC(=S)N1CC=CC1C=O. The standard InChI is InChI=1S/C8H12N2OS/c1-9-5-8(12)10-4-2-3-7(10)6-11/h2-3,6-7,9H,4-5H2,1H3. The van der Waals surface area contributed by atoms with Crippen molar-refractivity contribution in [2.75, 3.05) is 20.1 Å². The fraction of sp³-hybridized carbons (Fsp3) is 0.500. The molecule has 0 radical (unpaired) electrons. The molecule has 0 aromatic rings. The number of nitrogens with zero attached hydrogens (tertiary/aromatic N) is 1. The van der Waals surface area contributed by atoms with Crippen LogP contribution in [0.25, 0.3) is 0 Å². The van der Waals surface area contributed by atoms with Crippen molar-refractivity contribution in [3.05, 3.63) is 12.2 Å². The molecule has 1 N–H and O–H groups in total. The molecule has 0 aromatic heterocycles. The van der Waals surface area contributed by atoms with Gasteiger partial charge in [0.25, 0.3) is 0 Å². The van der Waals surface area contributed by atoms with E-state index in [2.05, 4.69) is 5.32 Å². The fourth-order valence-corrected chi connectivity index (χ4v) is 1.52. The van der Waals surface area contributed by atoms with E-state index < -0.39 is 0 Å². The Balaban J connectivity index is 2.52. The summed E-state index contributed by atoms with van der Waals surface area (Å²) in [4.78, 5) is 13.2. The van der Waals surface area contributed by atoms with E-state index in [1.165, 1.54) is 0 Å². The van der Waals surface area contributed by atoms with E-state index in [1.807, 2.05) is 24.1 Å². The van der Waals surface area contributed by atoms with Crippen molar-refractivity contribution in [3.8, 4) is 0 Å². The normalized spacial score (nSPS) is 21.4. The maximum Gasteiger partial charge on any atom is 0.146 e. The van der Waals surface area contributed by atoms with Crippen molar-refractivity contribution < 1.29 is 4.79 Å². The lowest BCUT2D eigenvalue weighted by molar-refractivity contribution is -0.109. The van der Waals surface area contributed by atoms with Gasteiger partial charge in [-0.1, -0.05) is 24.4 Å². The van der Waals surface area contributed by atoms with Crippen molar-refractivity contribution in [2.45, 2.75) is 6.04 Å². The quantitative estimate of drug-likeness (QED) is 0.379. The second kappa shape index (κ2) is 4.33. The van der Waals surface area contributed by atoms with Crippen molar-refractivity contribution >= 4 is 23.5 Å². The van der Waals surface area contributed by atoms with Gasteiger partial charge in [0.05, 0.1) is 4.99 Å². The minimum atomic E-state index is -0.147. The number of rotatable bonds is 3. The number of hydrogen-bond acceptors (Lipinski definition) is 3.